The molecule has 5 nitrogen and oxygen atoms in total. The molecule has 1 aromatic carbocycles. The molecule has 1 N–H and O–H groups in total. The maximum atomic E-state index is 14.2. The van der Waals surface area contributed by atoms with Gasteiger partial charge in [0.2, 0.25) is 5.91 Å². The summed E-state index contributed by atoms with van der Waals surface area (Å²) in [5, 5.41) is 12.1. The molecule has 140 valence electrons. The van der Waals surface area contributed by atoms with Crippen LogP contribution >= 0.6 is 11.8 Å². The number of hydrogen-bond acceptors (Lipinski definition) is 4. The molecule has 7 heteroatoms. The third-order valence-electron chi connectivity index (χ3n) is 4.60. The minimum atomic E-state index is -0.326. The van der Waals surface area contributed by atoms with E-state index in [4.69, 9.17) is 0 Å². The van der Waals surface area contributed by atoms with Crippen molar-refractivity contribution in [2.24, 2.45) is 0 Å². The smallest absolute Gasteiger partial charge is 0.230 e. The molecule has 0 atom stereocenters. The second-order valence-corrected chi connectivity index (χ2v) is 7.88. The number of thioether (sulfide) groups is 1. The summed E-state index contributed by atoms with van der Waals surface area (Å²) in [6, 6.07) is 6.90. The van der Waals surface area contributed by atoms with Crippen LogP contribution in [0.4, 0.5) is 4.39 Å². The third kappa shape index (κ3) is 4.44. The van der Waals surface area contributed by atoms with Gasteiger partial charge in [0.15, 0.2) is 11.0 Å². The van der Waals surface area contributed by atoms with Gasteiger partial charge in [-0.05, 0) is 38.8 Å². The monoisotopic (exact) mass is 376 g/mol. The third-order valence-corrected chi connectivity index (χ3v) is 5.54. The Kier molecular flexibility index (Phi) is 6.29. The number of rotatable bonds is 6. The quantitative estimate of drug-likeness (QED) is 0.768. The van der Waals surface area contributed by atoms with E-state index < -0.39 is 0 Å². The van der Waals surface area contributed by atoms with Gasteiger partial charge < -0.3 is 5.32 Å². The fourth-order valence-corrected chi connectivity index (χ4v) is 4.19. The summed E-state index contributed by atoms with van der Waals surface area (Å²) in [6.07, 6.45) is 5.76. The van der Waals surface area contributed by atoms with Crippen molar-refractivity contribution in [3.63, 3.8) is 0 Å². The molecule has 0 spiro atoms. The molecule has 1 aliphatic carbocycles. The molecule has 1 heterocycles. The number of hydrogen-bond donors (Lipinski definition) is 1. The Morgan fingerprint density at radius 2 is 2.00 bits per heavy atom. The lowest BCUT2D eigenvalue weighted by atomic mass is 9.95. The van der Waals surface area contributed by atoms with Crippen molar-refractivity contribution in [3.05, 3.63) is 30.1 Å². The first kappa shape index (κ1) is 18.9. The summed E-state index contributed by atoms with van der Waals surface area (Å²) in [6.45, 7) is 4.00. The summed E-state index contributed by atoms with van der Waals surface area (Å²) in [4.78, 5) is 12.2. The lowest BCUT2D eigenvalue weighted by molar-refractivity contribution is -0.119. The number of halogens is 1. The summed E-state index contributed by atoms with van der Waals surface area (Å²) < 4.78 is 16.0. The first-order valence-corrected chi connectivity index (χ1v) is 10.2. The maximum absolute atomic E-state index is 14.2. The highest BCUT2D eigenvalue weighted by Crippen LogP contribution is 2.29. The Morgan fingerprint density at radius 1 is 1.27 bits per heavy atom. The molecule has 3 rings (SSSR count). The largest absolute Gasteiger partial charge is 0.353 e. The Labute approximate surface area is 157 Å². The summed E-state index contributed by atoms with van der Waals surface area (Å²) >= 11 is 1.35. The van der Waals surface area contributed by atoms with Crippen LogP contribution in [0.5, 0.6) is 0 Å². The molecule has 1 aromatic heterocycles. The van der Waals surface area contributed by atoms with E-state index in [1.165, 1.54) is 37.1 Å². The van der Waals surface area contributed by atoms with Crippen molar-refractivity contribution in [3.8, 4) is 11.4 Å². The SMILES string of the molecule is CC(C)n1c(SCC(=O)NC2CCCCC2)nnc1-c1ccccc1F. The van der Waals surface area contributed by atoms with Crippen molar-refractivity contribution in [2.45, 2.75) is 63.2 Å². The van der Waals surface area contributed by atoms with Gasteiger partial charge in [-0.1, -0.05) is 43.2 Å². The van der Waals surface area contributed by atoms with Crippen LogP contribution in [0.3, 0.4) is 0 Å². The molecular formula is C19H25FN4OS. The zero-order chi connectivity index (χ0) is 18.5. The Hall–Kier alpha value is -1.89. The number of carbonyl (C=O) groups excluding carboxylic acids is 1. The number of carbonyl (C=O) groups is 1. The van der Waals surface area contributed by atoms with Gasteiger partial charge in [0, 0.05) is 12.1 Å². The second-order valence-electron chi connectivity index (χ2n) is 6.94. The highest BCUT2D eigenvalue weighted by molar-refractivity contribution is 7.99. The highest BCUT2D eigenvalue weighted by atomic mass is 32.2. The molecule has 0 unspecified atom stereocenters. The molecule has 26 heavy (non-hydrogen) atoms. The van der Waals surface area contributed by atoms with Crippen LogP contribution in [-0.2, 0) is 4.79 Å². The molecule has 1 saturated carbocycles. The van der Waals surface area contributed by atoms with E-state index in [1.807, 2.05) is 18.4 Å². The lowest BCUT2D eigenvalue weighted by Gasteiger charge is -2.22. The Bertz CT molecular complexity index is 756. The highest BCUT2D eigenvalue weighted by Gasteiger charge is 2.21. The second kappa shape index (κ2) is 8.66. The fraction of sp³-hybridized carbons (Fsp3) is 0.526. The van der Waals surface area contributed by atoms with Crippen molar-refractivity contribution < 1.29 is 9.18 Å². The molecule has 1 fully saturated rings. The van der Waals surface area contributed by atoms with E-state index in [1.54, 1.807) is 18.2 Å². The molecule has 2 aromatic rings. The standard InChI is InChI=1S/C19H25FN4OS/c1-13(2)24-18(15-10-6-7-11-16(15)20)22-23-19(24)26-12-17(25)21-14-8-4-3-5-9-14/h6-7,10-11,13-14H,3-5,8-9,12H2,1-2H3,(H,21,25). The van der Waals surface area contributed by atoms with Crippen LogP contribution in [0.1, 0.15) is 52.0 Å². The molecular weight excluding hydrogens is 351 g/mol. The average Bonchev–Trinajstić information content (AvgIpc) is 3.05. The normalized spacial score (nSPS) is 15.4. The topological polar surface area (TPSA) is 59.8 Å². The molecule has 0 bridgehead atoms. The molecule has 0 saturated heterocycles. The van der Waals surface area contributed by atoms with Gasteiger partial charge in [-0.3, -0.25) is 9.36 Å². The number of amides is 1. The van der Waals surface area contributed by atoms with E-state index >= 15 is 0 Å². The van der Waals surface area contributed by atoms with Gasteiger partial charge >= 0.3 is 0 Å². The first-order valence-electron chi connectivity index (χ1n) is 9.18. The summed E-state index contributed by atoms with van der Waals surface area (Å²) in [5.41, 5.74) is 0.423. The molecule has 0 aliphatic heterocycles. The minimum Gasteiger partial charge on any atom is -0.353 e. The van der Waals surface area contributed by atoms with E-state index in [0.29, 0.717) is 28.3 Å². The van der Waals surface area contributed by atoms with Gasteiger partial charge in [0.25, 0.3) is 0 Å². The minimum absolute atomic E-state index is 0.0210. The van der Waals surface area contributed by atoms with E-state index in [-0.39, 0.29) is 17.8 Å². The van der Waals surface area contributed by atoms with Crippen molar-refractivity contribution >= 4 is 17.7 Å². The predicted octanol–water partition coefficient (Wildman–Crippen LogP) is 4.21. The lowest BCUT2D eigenvalue weighted by Crippen LogP contribution is -2.37. The van der Waals surface area contributed by atoms with Gasteiger partial charge in [-0.25, -0.2) is 4.39 Å². The van der Waals surface area contributed by atoms with Crippen molar-refractivity contribution in [1.82, 2.24) is 20.1 Å². The van der Waals surface area contributed by atoms with Crippen molar-refractivity contribution in [2.75, 3.05) is 5.75 Å². The Morgan fingerprint density at radius 3 is 2.69 bits per heavy atom. The van der Waals surface area contributed by atoms with E-state index in [9.17, 15) is 9.18 Å². The van der Waals surface area contributed by atoms with Crippen molar-refractivity contribution in [1.29, 1.82) is 0 Å². The van der Waals surface area contributed by atoms with E-state index in [0.717, 1.165) is 12.8 Å². The summed E-state index contributed by atoms with van der Waals surface area (Å²) in [7, 11) is 0. The van der Waals surface area contributed by atoms with Gasteiger partial charge in [0.1, 0.15) is 5.82 Å². The van der Waals surface area contributed by atoms with Crippen LogP contribution in [0.25, 0.3) is 11.4 Å². The first-order chi connectivity index (χ1) is 12.6. The van der Waals surface area contributed by atoms with Crippen LogP contribution in [0.15, 0.2) is 29.4 Å². The van der Waals surface area contributed by atoms with Gasteiger partial charge in [0.05, 0.1) is 11.3 Å². The van der Waals surface area contributed by atoms with Crippen LogP contribution in [0, 0.1) is 5.82 Å². The fourth-order valence-electron chi connectivity index (χ4n) is 3.31. The number of nitrogens with one attached hydrogen (secondary N) is 1. The number of aromatic nitrogens is 3. The molecule has 1 amide bonds. The van der Waals surface area contributed by atoms with Gasteiger partial charge in [-0.15, -0.1) is 10.2 Å². The number of benzene rings is 1. The van der Waals surface area contributed by atoms with Crippen LogP contribution in [0.2, 0.25) is 0 Å². The zero-order valence-electron chi connectivity index (χ0n) is 15.2. The zero-order valence-corrected chi connectivity index (χ0v) is 16.1. The van der Waals surface area contributed by atoms with Crippen LogP contribution in [-0.4, -0.2) is 32.5 Å². The average molecular weight is 377 g/mol. The maximum Gasteiger partial charge on any atom is 0.230 e. The number of nitrogens with zero attached hydrogens (tertiary/aromatic N) is 3. The predicted molar refractivity (Wildman–Crippen MR) is 102 cm³/mol. The van der Waals surface area contributed by atoms with Crippen LogP contribution < -0.4 is 5.32 Å². The van der Waals surface area contributed by atoms with E-state index in [2.05, 4.69) is 15.5 Å². The molecule has 1 aliphatic rings. The Balaban J connectivity index is 1.70. The van der Waals surface area contributed by atoms with Gasteiger partial charge in [-0.2, -0.15) is 0 Å². The molecule has 0 radical (unpaired) electrons. The summed E-state index contributed by atoms with van der Waals surface area (Å²) in [5.74, 6) is 0.479.